The van der Waals surface area contributed by atoms with Gasteiger partial charge in [0.2, 0.25) is 0 Å². The molecule has 1 aromatic rings. The van der Waals surface area contributed by atoms with Crippen molar-refractivity contribution >= 4 is 14.0 Å². The quantitative estimate of drug-likeness (QED) is 0.607. The molecule has 19 heavy (non-hydrogen) atoms. The lowest BCUT2D eigenvalue weighted by molar-refractivity contribution is -0.130. The molecule has 0 aliphatic rings. The average molecular weight is 272 g/mol. The van der Waals surface area contributed by atoms with E-state index in [9.17, 15) is 9.90 Å². The summed E-state index contributed by atoms with van der Waals surface area (Å²) in [6, 6.07) is 7.01. The number of benzene rings is 1. The number of aliphatic carboxylic acids is 1. The van der Waals surface area contributed by atoms with Gasteiger partial charge in [0.05, 0.1) is 0 Å². The van der Waals surface area contributed by atoms with E-state index in [4.69, 9.17) is 5.11 Å². The van der Waals surface area contributed by atoms with Gasteiger partial charge in [0, 0.05) is 11.5 Å². The van der Waals surface area contributed by atoms with Gasteiger partial charge in [-0.05, 0) is 17.7 Å². The second kappa shape index (κ2) is 6.24. The predicted molar refractivity (Wildman–Crippen MR) is 77.0 cm³/mol. The number of hydrogen-bond acceptors (Lipinski definition) is 2. The first kappa shape index (κ1) is 15.0. The Kier molecular flexibility index (Phi) is 4.94. The fraction of sp³-hybridized carbons (Fsp3) is 0.267. The Hall–Kier alpha value is -2.01. The molecule has 4 heteroatoms. The van der Waals surface area contributed by atoms with Gasteiger partial charge >= 0.3 is 5.97 Å². The van der Waals surface area contributed by atoms with Crippen LogP contribution in [0.1, 0.15) is 17.2 Å². The minimum atomic E-state index is -1.40. The molecule has 1 rings (SSSR count). The molecular formula is C15H16O3Si. The van der Waals surface area contributed by atoms with Crippen molar-refractivity contribution < 1.29 is 15.0 Å². The van der Waals surface area contributed by atoms with Gasteiger partial charge in [0.25, 0.3) is 0 Å². The smallest absolute Gasteiger partial charge is 0.382 e. The van der Waals surface area contributed by atoms with Gasteiger partial charge in [0.1, 0.15) is 14.2 Å². The van der Waals surface area contributed by atoms with Crippen LogP contribution < -0.4 is 0 Å². The Labute approximate surface area is 114 Å². The third-order valence-electron chi connectivity index (χ3n) is 2.12. The number of carbonyl (C=O) groups is 1. The highest BCUT2D eigenvalue weighted by Gasteiger charge is 2.07. The number of carboxylic acid groups (broad SMARTS) is 1. The maximum Gasteiger partial charge on any atom is 0.382 e. The number of hydrogen-bond donors (Lipinski definition) is 2. The highest BCUT2D eigenvalue weighted by atomic mass is 28.3. The number of aliphatic hydroxyl groups excluding tert-OH is 1. The number of rotatable bonds is 1. The van der Waals surface area contributed by atoms with Gasteiger partial charge in [-0.1, -0.05) is 43.6 Å². The van der Waals surface area contributed by atoms with Crippen LogP contribution in [-0.2, 0) is 4.79 Å². The Morgan fingerprint density at radius 1 is 1.21 bits per heavy atom. The van der Waals surface area contributed by atoms with Crippen molar-refractivity contribution in [3.63, 3.8) is 0 Å². The average Bonchev–Trinajstić information content (AvgIpc) is 2.33. The Morgan fingerprint density at radius 2 is 1.79 bits per heavy atom. The fourth-order valence-corrected chi connectivity index (χ4v) is 1.74. The molecule has 0 bridgehead atoms. The summed E-state index contributed by atoms with van der Waals surface area (Å²) >= 11 is 0. The molecule has 1 unspecified atom stereocenters. The molecule has 2 N–H and O–H groups in total. The van der Waals surface area contributed by atoms with E-state index in [0.29, 0.717) is 5.56 Å². The monoisotopic (exact) mass is 272 g/mol. The van der Waals surface area contributed by atoms with Crippen molar-refractivity contribution in [1.82, 2.24) is 0 Å². The first-order valence-electron chi connectivity index (χ1n) is 5.83. The molecule has 0 amide bonds. The molecule has 0 spiro atoms. The lowest BCUT2D eigenvalue weighted by Crippen LogP contribution is -2.16. The van der Waals surface area contributed by atoms with Crippen LogP contribution in [0.3, 0.4) is 0 Å². The van der Waals surface area contributed by atoms with Crippen LogP contribution in [0.4, 0.5) is 0 Å². The minimum absolute atomic E-state index is 0.562. The summed E-state index contributed by atoms with van der Waals surface area (Å²) in [6.07, 6.45) is -1.09. The summed E-state index contributed by atoms with van der Waals surface area (Å²) in [4.78, 5) is 10.3. The van der Waals surface area contributed by atoms with E-state index < -0.39 is 20.1 Å². The summed E-state index contributed by atoms with van der Waals surface area (Å²) in [6.45, 7) is 6.50. The highest BCUT2D eigenvalue weighted by molar-refractivity contribution is 6.83. The van der Waals surface area contributed by atoms with Crippen LogP contribution in [0.5, 0.6) is 0 Å². The second-order valence-electron chi connectivity index (χ2n) is 5.10. The van der Waals surface area contributed by atoms with Gasteiger partial charge in [-0.3, -0.25) is 0 Å². The standard InChI is InChI=1S/C15H16O3Si/c1-19(2,3)11-10-12-4-6-13(7-5-12)14(16)8-9-15(17)18/h4-7,14,16H,1-3H3,(H,17,18). The normalized spacial score (nSPS) is 11.6. The molecule has 0 saturated carbocycles. The molecule has 0 aromatic heterocycles. The predicted octanol–water partition coefficient (Wildman–Crippen LogP) is 2.04. The van der Waals surface area contributed by atoms with E-state index in [1.54, 1.807) is 24.3 Å². The maximum absolute atomic E-state index is 10.3. The first-order chi connectivity index (χ1) is 8.78. The summed E-state index contributed by atoms with van der Waals surface area (Å²) in [5, 5.41) is 18.1. The van der Waals surface area contributed by atoms with Crippen LogP contribution in [0.15, 0.2) is 24.3 Å². The molecular weight excluding hydrogens is 256 g/mol. The molecule has 1 atom stereocenters. The van der Waals surface area contributed by atoms with E-state index in [2.05, 4.69) is 37.0 Å². The molecule has 1 aromatic carbocycles. The van der Waals surface area contributed by atoms with Crippen LogP contribution in [0.2, 0.25) is 19.6 Å². The van der Waals surface area contributed by atoms with Crippen molar-refractivity contribution in [3.05, 3.63) is 35.4 Å². The van der Waals surface area contributed by atoms with Crippen molar-refractivity contribution in [2.45, 2.75) is 25.7 Å². The van der Waals surface area contributed by atoms with Crippen LogP contribution in [0.25, 0.3) is 0 Å². The van der Waals surface area contributed by atoms with Gasteiger partial charge in [0.15, 0.2) is 0 Å². The summed E-state index contributed by atoms with van der Waals surface area (Å²) in [5.41, 5.74) is 4.69. The molecule has 98 valence electrons. The first-order valence-corrected chi connectivity index (χ1v) is 9.33. The molecule has 0 aliphatic carbocycles. The zero-order valence-corrected chi connectivity index (χ0v) is 12.2. The Morgan fingerprint density at radius 3 is 2.26 bits per heavy atom. The summed E-state index contributed by atoms with van der Waals surface area (Å²) < 4.78 is 0. The van der Waals surface area contributed by atoms with Gasteiger partial charge in [-0.2, -0.15) is 0 Å². The lowest BCUT2D eigenvalue weighted by Gasteiger charge is -2.05. The van der Waals surface area contributed by atoms with Gasteiger partial charge < -0.3 is 10.2 Å². The molecule has 0 heterocycles. The summed E-state index contributed by atoms with van der Waals surface area (Å²) in [7, 11) is -1.40. The fourth-order valence-electron chi connectivity index (χ4n) is 1.22. The zero-order valence-electron chi connectivity index (χ0n) is 11.2. The third-order valence-corrected chi connectivity index (χ3v) is 3.00. The van der Waals surface area contributed by atoms with Crippen molar-refractivity contribution in [1.29, 1.82) is 0 Å². The largest absolute Gasteiger partial charge is 0.472 e. The third kappa shape index (κ3) is 5.92. The maximum atomic E-state index is 10.3. The van der Waals surface area contributed by atoms with Crippen molar-refractivity contribution in [3.8, 4) is 23.3 Å². The minimum Gasteiger partial charge on any atom is -0.472 e. The van der Waals surface area contributed by atoms with E-state index in [1.807, 2.05) is 5.92 Å². The van der Waals surface area contributed by atoms with E-state index >= 15 is 0 Å². The lowest BCUT2D eigenvalue weighted by atomic mass is 10.1. The van der Waals surface area contributed by atoms with Crippen LogP contribution >= 0.6 is 0 Å². The van der Waals surface area contributed by atoms with Crippen molar-refractivity contribution in [2.75, 3.05) is 0 Å². The van der Waals surface area contributed by atoms with E-state index in [-0.39, 0.29) is 0 Å². The Bertz CT molecular complexity index is 574. The molecule has 0 aliphatic heterocycles. The van der Waals surface area contributed by atoms with Gasteiger partial charge in [-0.25, -0.2) is 4.79 Å². The summed E-state index contributed by atoms with van der Waals surface area (Å²) in [5.74, 6) is 6.00. The molecule has 0 saturated heterocycles. The van der Waals surface area contributed by atoms with E-state index in [0.717, 1.165) is 5.56 Å². The zero-order chi connectivity index (χ0) is 14.5. The van der Waals surface area contributed by atoms with Crippen molar-refractivity contribution in [2.24, 2.45) is 0 Å². The highest BCUT2D eigenvalue weighted by Crippen LogP contribution is 2.12. The van der Waals surface area contributed by atoms with Crippen LogP contribution in [-0.4, -0.2) is 24.3 Å². The Balaban J connectivity index is 2.85. The SMILES string of the molecule is C[Si](C)(C)C#Cc1ccc(C(O)C#CC(=O)O)cc1. The van der Waals surface area contributed by atoms with Crippen LogP contribution in [0, 0.1) is 23.3 Å². The second-order valence-corrected chi connectivity index (χ2v) is 9.85. The molecule has 0 fully saturated rings. The number of carboxylic acids is 1. The number of aliphatic hydroxyl groups is 1. The topological polar surface area (TPSA) is 57.5 Å². The molecule has 3 nitrogen and oxygen atoms in total. The van der Waals surface area contributed by atoms with Gasteiger partial charge in [-0.15, -0.1) is 5.54 Å². The van der Waals surface area contributed by atoms with E-state index in [1.165, 1.54) is 0 Å². The molecule has 0 radical (unpaired) electrons.